The quantitative estimate of drug-likeness (QED) is 0.357. The highest BCUT2D eigenvalue weighted by molar-refractivity contribution is 6.00. The molecular weight excluding hydrogens is 276 g/mol. The van der Waals surface area contributed by atoms with E-state index in [-0.39, 0.29) is 5.41 Å². The van der Waals surface area contributed by atoms with Crippen molar-refractivity contribution in [3.8, 4) is 11.1 Å². The summed E-state index contributed by atoms with van der Waals surface area (Å²) in [5.41, 5.74) is 5.75. The van der Waals surface area contributed by atoms with E-state index in [1.165, 1.54) is 43.8 Å². The first-order valence-corrected chi connectivity index (χ1v) is 8.22. The highest BCUT2D eigenvalue weighted by atomic mass is 14.4. The van der Waals surface area contributed by atoms with Crippen LogP contribution < -0.4 is 0 Å². The van der Waals surface area contributed by atoms with Gasteiger partial charge >= 0.3 is 0 Å². The lowest BCUT2D eigenvalue weighted by molar-refractivity contribution is 0.667. The number of rotatable bonds is 0. The van der Waals surface area contributed by atoms with E-state index in [1.807, 2.05) is 0 Å². The van der Waals surface area contributed by atoms with Crippen LogP contribution in [0.1, 0.15) is 25.0 Å². The first-order valence-electron chi connectivity index (χ1n) is 8.22. The maximum absolute atomic E-state index is 2.39. The van der Waals surface area contributed by atoms with E-state index < -0.39 is 0 Å². The number of hydrogen-bond acceptors (Lipinski definition) is 0. The highest BCUT2D eigenvalue weighted by Crippen LogP contribution is 2.52. The molecule has 0 aromatic heterocycles. The van der Waals surface area contributed by atoms with Crippen LogP contribution in [0.3, 0.4) is 0 Å². The molecule has 0 atom stereocenters. The molecule has 0 amide bonds. The zero-order valence-electron chi connectivity index (χ0n) is 13.4. The molecule has 0 aliphatic heterocycles. The van der Waals surface area contributed by atoms with Crippen molar-refractivity contribution >= 4 is 21.5 Å². The third-order valence-electron chi connectivity index (χ3n) is 5.40. The molecule has 0 nitrogen and oxygen atoms in total. The lowest BCUT2D eigenvalue weighted by atomic mass is 9.80. The maximum Gasteiger partial charge on any atom is 0.0165 e. The summed E-state index contributed by atoms with van der Waals surface area (Å²) in [7, 11) is 0. The topological polar surface area (TPSA) is 0 Å². The van der Waals surface area contributed by atoms with E-state index in [1.54, 1.807) is 0 Å². The van der Waals surface area contributed by atoms with Gasteiger partial charge in [0.05, 0.1) is 0 Å². The van der Waals surface area contributed by atoms with Gasteiger partial charge in [-0.05, 0) is 55.9 Å². The van der Waals surface area contributed by atoms with Crippen molar-refractivity contribution in [3.63, 3.8) is 0 Å². The standard InChI is InChI=1S/C23H18/c1-23(2)21-14-17-9-4-3-8-16(17)13-20(21)19-12-11-15-7-5-6-10-18(15)22(19)23/h3-14H,1-2H3. The van der Waals surface area contributed by atoms with E-state index >= 15 is 0 Å². The molecule has 0 N–H and O–H groups in total. The minimum absolute atomic E-state index is 0.0373. The molecule has 5 rings (SSSR count). The summed E-state index contributed by atoms with van der Waals surface area (Å²) in [6, 6.07) is 26.7. The van der Waals surface area contributed by atoms with Gasteiger partial charge in [0.2, 0.25) is 0 Å². The minimum Gasteiger partial charge on any atom is -0.0616 e. The summed E-state index contributed by atoms with van der Waals surface area (Å²) in [4.78, 5) is 0. The second-order valence-electron chi connectivity index (χ2n) is 7.08. The number of benzene rings is 4. The molecule has 4 aromatic carbocycles. The molecule has 0 saturated carbocycles. The Morgan fingerprint density at radius 2 is 1.26 bits per heavy atom. The van der Waals surface area contributed by atoms with Gasteiger partial charge < -0.3 is 0 Å². The average molecular weight is 294 g/mol. The molecule has 110 valence electrons. The van der Waals surface area contributed by atoms with Gasteiger partial charge in [0, 0.05) is 5.41 Å². The SMILES string of the molecule is CC1(C)c2cc3ccccc3cc2-c2ccc3ccccc3c21. The molecule has 1 aliphatic carbocycles. The molecule has 0 fully saturated rings. The van der Waals surface area contributed by atoms with E-state index in [0.29, 0.717) is 0 Å². The van der Waals surface area contributed by atoms with E-state index in [9.17, 15) is 0 Å². The summed E-state index contributed by atoms with van der Waals surface area (Å²) < 4.78 is 0. The van der Waals surface area contributed by atoms with Gasteiger partial charge in [0.1, 0.15) is 0 Å². The van der Waals surface area contributed by atoms with Crippen LogP contribution in [0, 0.1) is 0 Å². The highest BCUT2D eigenvalue weighted by Gasteiger charge is 2.36. The first-order chi connectivity index (χ1) is 11.2. The number of fused-ring (bicyclic) bond motifs is 6. The molecule has 0 saturated heterocycles. The van der Waals surface area contributed by atoms with Crippen LogP contribution in [0.15, 0.2) is 72.8 Å². The Morgan fingerprint density at radius 1 is 0.609 bits per heavy atom. The predicted molar refractivity (Wildman–Crippen MR) is 99.0 cm³/mol. The van der Waals surface area contributed by atoms with Crippen LogP contribution in [-0.4, -0.2) is 0 Å². The first kappa shape index (κ1) is 12.9. The van der Waals surface area contributed by atoms with Crippen LogP contribution in [0.4, 0.5) is 0 Å². The van der Waals surface area contributed by atoms with Gasteiger partial charge in [-0.1, -0.05) is 74.5 Å². The van der Waals surface area contributed by atoms with Crippen molar-refractivity contribution in [2.24, 2.45) is 0 Å². The lowest BCUT2D eigenvalue weighted by Gasteiger charge is -2.23. The molecule has 0 unspecified atom stereocenters. The molecule has 23 heavy (non-hydrogen) atoms. The summed E-state index contributed by atoms with van der Waals surface area (Å²) in [6.45, 7) is 4.72. The molecule has 0 radical (unpaired) electrons. The molecule has 0 bridgehead atoms. The Morgan fingerprint density at radius 3 is 2.04 bits per heavy atom. The van der Waals surface area contributed by atoms with Gasteiger partial charge in [-0.3, -0.25) is 0 Å². The zero-order chi connectivity index (χ0) is 15.6. The zero-order valence-corrected chi connectivity index (χ0v) is 13.4. The van der Waals surface area contributed by atoms with Crippen molar-refractivity contribution in [1.82, 2.24) is 0 Å². The molecule has 0 heteroatoms. The molecular formula is C23H18. The van der Waals surface area contributed by atoms with Crippen LogP contribution in [0.2, 0.25) is 0 Å². The second kappa shape index (κ2) is 4.23. The Kier molecular flexibility index (Phi) is 2.37. The van der Waals surface area contributed by atoms with Crippen molar-refractivity contribution in [1.29, 1.82) is 0 Å². The molecule has 0 heterocycles. The van der Waals surface area contributed by atoms with Gasteiger partial charge in [-0.15, -0.1) is 0 Å². The monoisotopic (exact) mass is 294 g/mol. The molecule has 0 spiro atoms. The third-order valence-corrected chi connectivity index (χ3v) is 5.40. The summed E-state index contributed by atoms with van der Waals surface area (Å²) in [5, 5.41) is 5.37. The van der Waals surface area contributed by atoms with Crippen LogP contribution in [0.5, 0.6) is 0 Å². The maximum atomic E-state index is 2.39. The van der Waals surface area contributed by atoms with Gasteiger partial charge in [0.25, 0.3) is 0 Å². The third kappa shape index (κ3) is 1.61. The summed E-state index contributed by atoms with van der Waals surface area (Å²) in [5.74, 6) is 0. The van der Waals surface area contributed by atoms with Gasteiger partial charge in [-0.2, -0.15) is 0 Å². The summed E-state index contributed by atoms with van der Waals surface area (Å²) >= 11 is 0. The van der Waals surface area contributed by atoms with Crippen LogP contribution in [0.25, 0.3) is 32.7 Å². The normalized spacial score (nSPS) is 14.9. The fraction of sp³-hybridized carbons (Fsp3) is 0.130. The Hall–Kier alpha value is -2.60. The largest absolute Gasteiger partial charge is 0.0616 e. The lowest BCUT2D eigenvalue weighted by Crippen LogP contribution is -2.15. The second-order valence-corrected chi connectivity index (χ2v) is 7.08. The van der Waals surface area contributed by atoms with E-state index in [4.69, 9.17) is 0 Å². The predicted octanol–water partition coefficient (Wildman–Crippen LogP) is 6.30. The molecule has 1 aliphatic rings. The number of hydrogen-bond donors (Lipinski definition) is 0. The van der Waals surface area contributed by atoms with Crippen molar-refractivity contribution < 1.29 is 0 Å². The van der Waals surface area contributed by atoms with E-state index in [0.717, 1.165) is 0 Å². The van der Waals surface area contributed by atoms with Crippen molar-refractivity contribution in [2.45, 2.75) is 19.3 Å². The molecule has 4 aromatic rings. The van der Waals surface area contributed by atoms with Crippen LogP contribution >= 0.6 is 0 Å². The van der Waals surface area contributed by atoms with Gasteiger partial charge in [-0.25, -0.2) is 0 Å². The van der Waals surface area contributed by atoms with Gasteiger partial charge in [0.15, 0.2) is 0 Å². The Bertz CT molecular complexity index is 1080. The van der Waals surface area contributed by atoms with Crippen molar-refractivity contribution in [3.05, 3.63) is 83.9 Å². The van der Waals surface area contributed by atoms with E-state index in [2.05, 4.69) is 86.6 Å². The van der Waals surface area contributed by atoms with Crippen LogP contribution in [-0.2, 0) is 5.41 Å². The smallest absolute Gasteiger partial charge is 0.0165 e. The summed E-state index contributed by atoms with van der Waals surface area (Å²) in [6.07, 6.45) is 0. The average Bonchev–Trinajstić information content (AvgIpc) is 2.81. The Labute approximate surface area is 136 Å². The Balaban J connectivity index is 1.95. The minimum atomic E-state index is 0.0373. The van der Waals surface area contributed by atoms with Crippen molar-refractivity contribution in [2.75, 3.05) is 0 Å². The fourth-order valence-corrected chi connectivity index (χ4v) is 4.28. The fourth-order valence-electron chi connectivity index (χ4n) is 4.28.